The third-order valence-corrected chi connectivity index (χ3v) is 3.01. The van der Waals surface area contributed by atoms with Crippen molar-refractivity contribution in [3.05, 3.63) is 59.4 Å². The Hall–Kier alpha value is -1.67. The van der Waals surface area contributed by atoms with Crippen LogP contribution < -0.4 is 5.73 Å². The molecule has 0 heterocycles. The van der Waals surface area contributed by atoms with Crippen molar-refractivity contribution in [3.8, 4) is 11.1 Å². The van der Waals surface area contributed by atoms with Crippen LogP contribution in [0.15, 0.2) is 42.5 Å². The maximum Gasteiger partial charge on any atom is 0.123 e. The van der Waals surface area contributed by atoms with Crippen molar-refractivity contribution in [2.45, 2.75) is 26.3 Å². The molecule has 1 nitrogen and oxygen atoms in total. The van der Waals surface area contributed by atoms with Gasteiger partial charge < -0.3 is 5.73 Å². The Labute approximate surface area is 107 Å². The van der Waals surface area contributed by atoms with Gasteiger partial charge in [-0.3, -0.25) is 0 Å². The summed E-state index contributed by atoms with van der Waals surface area (Å²) in [6, 6.07) is 13.4. The van der Waals surface area contributed by atoms with Crippen molar-refractivity contribution in [2.24, 2.45) is 5.73 Å². The molecule has 94 valence electrons. The second-order valence-electron chi connectivity index (χ2n) is 4.84. The summed E-state index contributed by atoms with van der Waals surface area (Å²) in [5.74, 6) is -0.190. The normalized spacial score (nSPS) is 12.4. The summed E-state index contributed by atoms with van der Waals surface area (Å²) in [5.41, 5.74) is 10.1. The molecular weight excluding hydrogens is 225 g/mol. The molecule has 0 saturated carbocycles. The number of aryl methyl sites for hydroxylation is 1. The molecule has 0 spiro atoms. The Morgan fingerprint density at radius 3 is 2.33 bits per heavy atom. The van der Waals surface area contributed by atoms with Gasteiger partial charge in [0.15, 0.2) is 0 Å². The predicted molar refractivity (Wildman–Crippen MR) is 73.9 cm³/mol. The van der Waals surface area contributed by atoms with E-state index in [0.29, 0.717) is 0 Å². The predicted octanol–water partition coefficient (Wildman–Crippen LogP) is 3.69. The quantitative estimate of drug-likeness (QED) is 0.874. The Bertz CT molecular complexity index is 529. The van der Waals surface area contributed by atoms with Crippen molar-refractivity contribution >= 4 is 0 Å². The van der Waals surface area contributed by atoms with E-state index in [1.54, 1.807) is 6.07 Å². The summed E-state index contributed by atoms with van der Waals surface area (Å²) in [6.45, 7) is 3.92. The Morgan fingerprint density at radius 1 is 1.11 bits per heavy atom. The first kappa shape index (κ1) is 12.8. The summed E-state index contributed by atoms with van der Waals surface area (Å²) in [5, 5.41) is 0. The second-order valence-corrected chi connectivity index (χ2v) is 4.84. The Kier molecular flexibility index (Phi) is 3.78. The smallest absolute Gasteiger partial charge is 0.123 e. The highest BCUT2D eigenvalue weighted by Crippen LogP contribution is 2.24. The van der Waals surface area contributed by atoms with Crippen LogP contribution in [0, 0.1) is 12.7 Å². The van der Waals surface area contributed by atoms with Crippen molar-refractivity contribution in [1.29, 1.82) is 0 Å². The van der Waals surface area contributed by atoms with Crippen LogP contribution in [0.2, 0.25) is 0 Å². The van der Waals surface area contributed by atoms with Gasteiger partial charge in [-0.25, -0.2) is 4.39 Å². The average molecular weight is 243 g/mol. The fraction of sp³-hybridized carbons (Fsp3) is 0.250. The van der Waals surface area contributed by atoms with Crippen molar-refractivity contribution in [3.63, 3.8) is 0 Å². The van der Waals surface area contributed by atoms with E-state index in [1.807, 2.05) is 19.9 Å². The van der Waals surface area contributed by atoms with E-state index < -0.39 is 0 Å². The molecule has 2 heteroatoms. The van der Waals surface area contributed by atoms with E-state index in [9.17, 15) is 4.39 Å². The van der Waals surface area contributed by atoms with E-state index in [-0.39, 0.29) is 11.9 Å². The zero-order chi connectivity index (χ0) is 13.1. The summed E-state index contributed by atoms with van der Waals surface area (Å²) >= 11 is 0. The summed E-state index contributed by atoms with van der Waals surface area (Å²) in [4.78, 5) is 0. The monoisotopic (exact) mass is 243 g/mol. The molecule has 2 N–H and O–H groups in total. The molecule has 0 bridgehead atoms. The molecule has 0 saturated heterocycles. The maximum absolute atomic E-state index is 13.1. The molecule has 0 aromatic heterocycles. The van der Waals surface area contributed by atoms with Gasteiger partial charge in [-0.1, -0.05) is 30.3 Å². The molecule has 0 aliphatic rings. The first-order chi connectivity index (χ1) is 8.56. The lowest BCUT2D eigenvalue weighted by Crippen LogP contribution is -2.17. The highest BCUT2D eigenvalue weighted by molar-refractivity contribution is 5.67. The van der Waals surface area contributed by atoms with E-state index in [2.05, 4.69) is 24.3 Å². The minimum atomic E-state index is -0.190. The molecule has 1 atom stereocenters. The van der Waals surface area contributed by atoms with Crippen molar-refractivity contribution in [1.82, 2.24) is 0 Å². The third kappa shape index (κ3) is 2.96. The van der Waals surface area contributed by atoms with Crippen molar-refractivity contribution in [2.75, 3.05) is 0 Å². The van der Waals surface area contributed by atoms with E-state index >= 15 is 0 Å². The Morgan fingerprint density at radius 2 is 1.78 bits per heavy atom. The molecule has 0 aliphatic carbocycles. The number of nitrogens with two attached hydrogens (primary N) is 1. The minimum absolute atomic E-state index is 0.170. The van der Waals surface area contributed by atoms with Gasteiger partial charge in [-0.2, -0.15) is 0 Å². The topological polar surface area (TPSA) is 26.0 Å². The highest BCUT2D eigenvalue weighted by atomic mass is 19.1. The second kappa shape index (κ2) is 5.32. The maximum atomic E-state index is 13.1. The third-order valence-electron chi connectivity index (χ3n) is 3.01. The number of hydrogen-bond donors (Lipinski definition) is 1. The molecule has 2 aromatic rings. The van der Waals surface area contributed by atoms with Gasteiger partial charge in [0.05, 0.1) is 0 Å². The number of rotatable bonds is 3. The van der Waals surface area contributed by atoms with Crippen LogP contribution in [0.4, 0.5) is 4.39 Å². The van der Waals surface area contributed by atoms with Crippen LogP contribution in [-0.4, -0.2) is 6.04 Å². The number of hydrogen-bond acceptors (Lipinski definition) is 1. The molecule has 0 radical (unpaired) electrons. The first-order valence-corrected chi connectivity index (χ1v) is 6.17. The largest absolute Gasteiger partial charge is 0.328 e. The summed E-state index contributed by atoms with van der Waals surface area (Å²) < 4.78 is 13.1. The number of halogens is 1. The van der Waals surface area contributed by atoms with Gasteiger partial charge in [0.1, 0.15) is 5.82 Å². The molecular formula is C16H18FN. The lowest BCUT2D eigenvalue weighted by atomic mass is 9.98. The van der Waals surface area contributed by atoms with E-state index in [4.69, 9.17) is 5.73 Å². The zero-order valence-corrected chi connectivity index (χ0v) is 10.8. The standard InChI is InChI=1S/C16H18FN/c1-11-9-15(17)7-8-16(11)14-5-3-13(4-6-14)10-12(2)18/h3-9,12H,10,18H2,1-2H3. The zero-order valence-electron chi connectivity index (χ0n) is 10.8. The lowest BCUT2D eigenvalue weighted by Gasteiger charge is -2.09. The summed E-state index contributed by atoms with van der Waals surface area (Å²) in [7, 11) is 0. The molecule has 0 fully saturated rings. The Balaban J connectivity index is 2.28. The van der Waals surface area contributed by atoms with Gasteiger partial charge >= 0.3 is 0 Å². The van der Waals surface area contributed by atoms with Gasteiger partial charge in [-0.15, -0.1) is 0 Å². The van der Waals surface area contributed by atoms with Crippen LogP contribution in [0.25, 0.3) is 11.1 Å². The molecule has 0 amide bonds. The van der Waals surface area contributed by atoms with Crippen molar-refractivity contribution < 1.29 is 4.39 Å². The fourth-order valence-corrected chi connectivity index (χ4v) is 2.14. The van der Waals surface area contributed by atoms with Crippen LogP contribution >= 0.6 is 0 Å². The van der Waals surface area contributed by atoms with Gasteiger partial charge in [0.2, 0.25) is 0 Å². The molecule has 0 aliphatic heterocycles. The first-order valence-electron chi connectivity index (χ1n) is 6.17. The lowest BCUT2D eigenvalue weighted by molar-refractivity contribution is 0.627. The van der Waals surface area contributed by atoms with Gasteiger partial charge in [0.25, 0.3) is 0 Å². The minimum Gasteiger partial charge on any atom is -0.328 e. The number of benzene rings is 2. The van der Waals surface area contributed by atoms with Crippen LogP contribution in [0.5, 0.6) is 0 Å². The van der Waals surface area contributed by atoms with Crippen LogP contribution in [0.3, 0.4) is 0 Å². The van der Waals surface area contributed by atoms with E-state index in [0.717, 1.165) is 23.1 Å². The molecule has 2 rings (SSSR count). The summed E-state index contributed by atoms with van der Waals surface area (Å²) in [6.07, 6.45) is 0.878. The average Bonchev–Trinajstić information content (AvgIpc) is 2.30. The fourth-order valence-electron chi connectivity index (χ4n) is 2.14. The van der Waals surface area contributed by atoms with Gasteiger partial charge in [-0.05, 0) is 54.7 Å². The van der Waals surface area contributed by atoms with E-state index in [1.165, 1.54) is 11.6 Å². The van der Waals surface area contributed by atoms with Crippen LogP contribution in [-0.2, 0) is 6.42 Å². The molecule has 1 unspecified atom stereocenters. The molecule has 2 aromatic carbocycles. The van der Waals surface area contributed by atoms with Gasteiger partial charge in [0, 0.05) is 6.04 Å². The SMILES string of the molecule is Cc1cc(F)ccc1-c1ccc(CC(C)N)cc1. The van der Waals surface area contributed by atoms with Crippen LogP contribution in [0.1, 0.15) is 18.1 Å². The highest BCUT2D eigenvalue weighted by Gasteiger charge is 2.04. The molecule has 18 heavy (non-hydrogen) atoms.